The molecule has 0 saturated carbocycles. The first-order valence-electron chi connectivity index (χ1n) is 11.6. The number of ether oxygens (including phenoxy) is 1. The molecule has 0 aliphatic rings. The Kier molecular flexibility index (Phi) is 9.62. The average Bonchev–Trinajstić information content (AvgIpc) is 3.51. The van der Waals surface area contributed by atoms with Gasteiger partial charge in [0.05, 0.1) is 40.3 Å². The molecule has 2 aromatic carbocycles. The van der Waals surface area contributed by atoms with Crippen LogP contribution in [-0.2, 0) is 4.74 Å². The van der Waals surface area contributed by atoms with Crippen molar-refractivity contribution < 1.29 is 14.3 Å². The highest BCUT2D eigenvalue weighted by molar-refractivity contribution is 9.10. The van der Waals surface area contributed by atoms with Crippen LogP contribution in [0.3, 0.4) is 0 Å². The number of nitrogens with zero attached hydrogens (tertiary/aromatic N) is 6. The largest absolute Gasteiger partial charge is 0.464 e. The highest BCUT2D eigenvalue weighted by Gasteiger charge is 2.20. The molecule has 6 aromatic rings. The Bertz CT molecular complexity index is 1960. The number of esters is 1. The second-order valence-electron chi connectivity index (χ2n) is 8.38. The van der Waals surface area contributed by atoms with Crippen LogP contribution in [0.5, 0.6) is 0 Å². The van der Waals surface area contributed by atoms with Crippen LogP contribution in [0.15, 0.2) is 82.0 Å². The number of nitrogens with two attached hydrogens (primary N) is 1. The number of pyridine rings is 2. The fourth-order valence-electron chi connectivity index (χ4n) is 4.01. The maximum atomic E-state index is 11.9. The van der Waals surface area contributed by atoms with Gasteiger partial charge in [0.2, 0.25) is 0 Å². The third-order valence-corrected chi connectivity index (χ3v) is 7.18. The SMILES string of the molecule is C.COC(=O)c1nn(-c2cccc(Br)c2)c2cc(Cl)ncc12.NC(=O)c1nn(-c2cccc(Br)c2)c2cc(Cl)ncc12. The summed E-state index contributed by atoms with van der Waals surface area (Å²) in [5, 5.41) is 10.4. The summed E-state index contributed by atoms with van der Waals surface area (Å²) in [5.41, 5.74) is 8.69. The van der Waals surface area contributed by atoms with Crippen LogP contribution in [-0.4, -0.2) is 48.5 Å². The number of hydrogen-bond donors (Lipinski definition) is 1. The van der Waals surface area contributed by atoms with E-state index in [-0.39, 0.29) is 18.8 Å². The van der Waals surface area contributed by atoms with E-state index in [2.05, 4.69) is 52.0 Å². The minimum atomic E-state index is -0.604. The molecule has 10 nitrogen and oxygen atoms in total. The maximum absolute atomic E-state index is 11.9. The third-order valence-electron chi connectivity index (χ3n) is 5.78. The van der Waals surface area contributed by atoms with Gasteiger partial charge in [0.1, 0.15) is 10.3 Å². The van der Waals surface area contributed by atoms with E-state index in [4.69, 9.17) is 33.7 Å². The molecule has 2 N–H and O–H groups in total. The van der Waals surface area contributed by atoms with Crippen LogP contribution < -0.4 is 5.73 Å². The van der Waals surface area contributed by atoms with Crippen LogP contribution >= 0.6 is 55.1 Å². The van der Waals surface area contributed by atoms with Crippen LogP contribution in [0.4, 0.5) is 0 Å². The third kappa shape index (κ3) is 6.31. The lowest BCUT2D eigenvalue weighted by atomic mass is 10.2. The first kappa shape index (κ1) is 31.1. The van der Waals surface area contributed by atoms with E-state index in [9.17, 15) is 9.59 Å². The minimum absolute atomic E-state index is 0. The van der Waals surface area contributed by atoms with E-state index >= 15 is 0 Å². The standard InChI is InChI=1S/C14H9BrClN3O2.C13H8BrClN4O.CH4/c1-21-14(20)13-10-7-17-12(16)6-11(10)19(18-13)9-4-2-3-8(15)5-9;14-7-2-1-3-8(4-7)19-10-5-11(15)17-6-9(10)12(18-19)13(16)20;/h2-7H,1H3;1-6H,(H2,16,20);1H4. The highest BCUT2D eigenvalue weighted by Crippen LogP contribution is 2.27. The lowest BCUT2D eigenvalue weighted by Gasteiger charge is -2.03. The molecule has 0 spiro atoms. The number of aromatic nitrogens is 6. The molecule has 6 rings (SSSR count). The number of methoxy groups -OCH3 is 1. The molecule has 0 bridgehead atoms. The Morgan fingerprint density at radius 1 is 0.786 bits per heavy atom. The van der Waals surface area contributed by atoms with E-state index < -0.39 is 11.9 Å². The lowest BCUT2D eigenvalue weighted by Crippen LogP contribution is -2.12. The van der Waals surface area contributed by atoms with E-state index in [1.807, 2.05) is 48.5 Å². The van der Waals surface area contributed by atoms with E-state index in [1.54, 1.807) is 21.5 Å². The van der Waals surface area contributed by atoms with E-state index in [0.29, 0.717) is 32.1 Å². The van der Waals surface area contributed by atoms with Crippen molar-refractivity contribution >= 4 is 88.7 Å². The van der Waals surface area contributed by atoms with Gasteiger partial charge in [0.25, 0.3) is 5.91 Å². The molecule has 0 aliphatic heterocycles. The quantitative estimate of drug-likeness (QED) is 0.150. The van der Waals surface area contributed by atoms with Crippen molar-refractivity contribution in [1.29, 1.82) is 0 Å². The summed E-state index contributed by atoms with van der Waals surface area (Å²) in [7, 11) is 1.32. The summed E-state index contributed by atoms with van der Waals surface area (Å²) >= 11 is 18.7. The molecule has 214 valence electrons. The number of halogens is 4. The van der Waals surface area contributed by atoms with Gasteiger partial charge in [-0.2, -0.15) is 10.2 Å². The molecule has 0 saturated heterocycles. The molecule has 0 atom stereocenters. The number of hydrogen-bond acceptors (Lipinski definition) is 7. The number of fused-ring (bicyclic) bond motifs is 2. The number of amides is 1. The number of rotatable bonds is 4. The molecule has 14 heteroatoms. The first-order valence-corrected chi connectivity index (χ1v) is 14.0. The zero-order chi connectivity index (χ0) is 29.3. The van der Waals surface area contributed by atoms with Crippen molar-refractivity contribution in [3.8, 4) is 11.4 Å². The van der Waals surface area contributed by atoms with Crippen molar-refractivity contribution in [2.45, 2.75) is 7.43 Å². The molecular formula is C28H21Br2Cl2N7O3. The minimum Gasteiger partial charge on any atom is -0.464 e. The van der Waals surface area contributed by atoms with Crippen LogP contribution in [0, 0.1) is 0 Å². The van der Waals surface area contributed by atoms with Gasteiger partial charge in [-0.25, -0.2) is 24.1 Å². The Balaban J connectivity index is 0.000000189. The second kappa shape index (κ2) is 13.0. The van der Waals surface area contributed by atoms with E-state index in [1.165, 1.54) is 19.5 Å². The molecule has 0 unspecified atom stereocenters. The predicted molar refractivity (Wildman–Crippen MR) is 170 cm³/mol. The zero-order valence-electron chi connectivity index (χ0n) is 20.9. The fraction of sp³-hybridized carbons (Fsp3) is 0.0714. The van der Waals surface area contributed by atoms with Gasteiger partial charge in [-0.05, 0) is 36.4 Å². The number of benzene rings is 2. The summed E-state index contributed by atoms with van der Waals surface area (Å²) in [6.45, 7) is 0. The molecule has 0 radical (unpaired) electrons. The van der Waals surface area contributed by atoms with Gasteiger partial charge in [-0.3, -0.25) is 4.79 Å². The topological polar surface area (TPSA) is 131 Å². The van der Waals surface area contributed by atoms with E-state index in [0.717, 1.165) is 20.3 Å². The van der Waals surface area contributed by atoms with Crippen LogP contribution in [0.1, 0.15) is 28.4 Å². The van der Waals surface area contributed by atoms with Crippen molar-refractivity contribution in [3.05, 3.63) is 104 Å². The smallest absolute Gasteiger partial charge is 0.359 e. The molecule has 1 amide bonds. The van der Waals surface area contributed by atoms with Gasteiger partial charge in [-0.1, -0.05) is 74.6 Å². The zero-order valence-corrected chi connectivity index (χ0v) is 25.6. The van der Waals surface area contributed by atoms with Crippen molar-refractivity contribution in [1.82, 2.24) is 29.5 Å². The first-order chi connectivity index (χ1) is 19.7. The highest BCUT2D eigenvalue weighted by atomic mass is 79.9. The van der Waals surface area contributed by atoms with Crippen LogP contribution in [0.2, 0.25) is 10.3 Å². The molecule has 0 fully saturated rings. The summed E-state index contributed by atoms with van der Waals surface area (Å²) < 4.78 is 9.83. The molecular weight excluding hydrogens is 713 g/mol. The summed E-state index contributed by atoms with van der Waals surface area (Å²) in [5.74, 6) is -1.12. The summed E-state index contributed by atoms with van der Waals surface area (Å²) in [4.78, 5) is 31.3. The van der Waals surface area contributed by atoms with Crippen molar-refractivity contribution in [3.63, 3.8) is 0 Å². The van der Waals surface area contributed by atoms with Gasteiger partial charge in [0, 0.05) is 33.5 Å². The Morgan fingerprint density at radius 3 is 1.67 bits per heavy atom. The fourth-order valence-corrected chi connectivity index (χ4v) is 5.09. The van der Waals surface area contributed by atoms with Gasteiger partial charge < -0.3 is 10.5 Å². The average molecular weight is 734 g/mol. The lowest BCUT2D eigenvalue weighted by molar-refractivity contribution is 0.0595. The second-order valence-corrected chi connectivity index (χ2v) is 11.0. The number of carbonyl (C=O) groups excluding carboxylic acids is 2. The monoisotopic (exact) mass is 731 g/mol. The summed E-state index contributed by atoms with van der Waals surface area (Å²) in [6, 6.07) is 18.4. The number of primary amides is 1. The van der Waals surface area contributed by atoms with Gasteiger partial charge in [-0.15, -0.1) is 0 Å². The Hall–Kier alpha value is -3.84. The van der Waals surface area contributed by atoms with Crippen molar-refractivity contribution in [2.75, 3.05) is 7.11 Å². The molecule has 4 heterocycles. The van der Waals surface area contributed by atoms with Gasteiger partial charge >= 0.3 is 5.97 Å². The molecule has 4 aromatic heterocycles. The van der Waals surface area contributed by atoms with Crippen LogP contribution in [0.25, 0.3) is 33.2 Å². The molecule has 42 heavy (non-hydrogen) atoms. The molecule has 0 aliphatic carbocycles. The maximum Gasteiger partial charge on any atom is 0.359 e. The van der Waals surface area contributed by atoms with Gasteiger partial charge in [0.15, 0.2) is 11.4 Å². The summed E-state index contributed by atoms with van der Waals surface area (Å²) in [6.07, 6.45) is 3.02. The predicted octanol–water partition coefficient (Wildman–Crippen LogP) is 7.19. The Labute approximate surface area is 266 Å². The normalized spacial score (nSPS) is 10.6. The number of carbonyl (C=O) groups is 2. The van der Waals surface area contributed by atoms with Crippen molar-refractivity contribution in [2.24, 2.45) is 5.73 Å². The Morgan fingerprint density at radius 2 is 1.24 bits per heavy atom.